The number of benzene rings is 1. The van der Waals surface area contributed by atoms with Crippen molar-refractivity contribution in [2.75, 3.05) is 13.1 Å². The first-order chi connectivity index (χ1) is 12.6. The number of rotatable bonds is 2. The Balaban J connectivity index is 1.63. The first-order valence-electron chi connectivity index (χ1n) is 9.64. The highest BCUT2D eigenvalue weighted by Crippen LogP contribution is 2.36. The maximum atomic E-state index is 13.0. The lowest BCUT2D eigenvalue weighted by atomic mass is 9.75. The van der Waals surface area contributed by atoms with Gasteiger partial charge in [0, 0.05) is 25.2 Å². The molecular weight excluding hydrogens is 346 g/mol. The van der Waals surface area contributed by atoms with E-state index in [1.54, 1.807) is 18.2 Å². The molecular formula is C20H25N3O2S. The number of carbonyl (C=O) groups excluding carboxylic acids is 1. The van der Waals surface area contributed by atoms with E-state index >= 15 is 0 Å². The van der Waals surface area contributed by atoms with Crippen LogP contribution in [0.15, 0.2) is 23.0 Å². The zero-order chi connectivity index (χ0) is 18.3. The van der Waals surface area contributed by atoms with E-state index in [0.717, 1.165) is 25.4 Å². The Labute approximate surface area is 158 Å². The molecule has 2 fully saturated rings. The molecule has 1 saturated heterocycles. The third-order valence-corrected chi connectivity index (χ3v) is 6.45. The minimum Gasteiger partial charge on any atom is -0.338 e. The van der Waals surface area contributed by atoms with Gasteiger partial charge in [-0.2, -0.15) is 0 Å². The number of H-pyrrole nitrogens is 1. The SMILES string of the molecule is CCn1c(=S)[nH]c2cc(C(=O)N3CCC4CCCCC4C3)ccc2c1=O. The number of amides is 1. The highest BCUT2D eigenvalue weighted by Gasteiger charge is 2.33. The van der Waals surface area contributed by atoms with Crippen molar-refractivity contribution in [3.63, 3.8) is 0 Å². The Bertz CT molecular complexity index is 962. The zero-order valence-electron chi connectivity index (χ0n) is 15.2. The maximum Gasteiger partial charge on any atom is 0.262 e. The van der Waals surface area contributed by atoms with Gasteiger partial charge in [0.15, 0.2) is 4.77 Å². The molecule has 1 aromatic carbocycles. The molecule has 26 heavy (non-hydrogen) atoms. The van der Waals surface area contributed by atoms with E-state index in [9.17, 15) is 9.59 Å². The smallest absolute Gasteiger partial charge is 0.262 e. The first kappa shape index (κ1) is 17.5. The molecule has 2 aromatic rings. The fourth-order valence-electron chi connectivity index (χ4n) is 4.64. The molecule has 1 aliphatic heterocycles. The van der Waals surface area contributed by atoms with Gasteiger partial charge in [-0.25, -0.2) is 0 Å². The van der Waals surface area contributed by atoms with Crippen LogP contribution in [0.5, 0.6) is 0 Å². The lowest BCUT2D eigenvalue weighted by molar-refractivity contribution is 0.0521. The summed E-state index contributed by atoms with van der Waals surface area (Å²) in [6.45, 7) is 4.13. The molecule has 1 saturated carbocycles. The van der Waals surface area contributed by atoms with Crippen molar-refractivity contribution in [2.24, 2.45) is 11.8 Å². The third kappa shape index (κ3) is 3.00. The number of fused-ring (bicyclic) bond motifs is 2. The molecule has 1 aromatic heterocycles. The molecule has 0 radical (unpaired) electrons. The van der Waals surface area contributed by atoms with Crippen LogP contribution in [0.25, 0.3) is 10.9 Å². The Morgan fingerprint density at radius 3 is 2.77 bits per heavy atom. The molecule has 0 bridgehead atoms. The van der Waals surface area contributed by atoms with Gasteiger partial charge in [-0.3, -0.25) is 14.2 Å². The van der Waals surface area contributed by atoms with Crippen LogP contribution >= 0.6 is 12.2 Å². The number of hydrogen-bond acceptors (Lipinski definition) is 3. The fourth-order valence-corrected chi connectivity index (χ4v) is 4.96. The van der Waals surface area contributed by atoms with Crippen LogP contribution in [-0.2, 0) is 6.54 Å². The van der Waals surface area contributed by atoms with E-state index in [1.165, 1.54) is 30.3 Å². The van der Waals surface area contributed by atoms with Crippen LogP contribution < -0.4 is 5.56 Å². The van der Waals surface area contributed by atoms with Crippen molar-refractivity contribution in [2.45, 2.75) is 45.6 Å². The predicted octanol–water partition coefficient (Wildman–Crippen LogP) is 3.73. The first-order valence-corrected chi connectivity index (χ1v) is 10.1. The van der Waals surface area contributed by atoms with Crippen molar-refractivity contribution < 1.29 is 4.79 Å². The lowest BCUT2D eigenvalue weighted by Gasteiger charge is -2.41. The van der Waals surface area contributed by atoms with E-state index in [-0.39, 0.29) is 11.5 Å². The number of likely N-dealkylation sites (tertiary alicyclic amines) is 1. The number of hydrogen-bond donors (Lipinski definition) is 1. The minimum absolute atomic E-state index is 0.0647. The molecule has 4 rings (SSSR count). The van der Waals surface area contributed by atoms with Crippen LogP contribution in [0.2, 0.25) is 0 Å². The normalized spacial score (nSPS) is 23.0. The summed E-state index contributed by atoms with van der Waals surface area (Å²) in [5.74, 6) is 1.52. The molecule has 1 aliphatic carbocycles. The van der Waals surface area contributed by atoms with Gasteiger partial charge in [0.25, 0.3) is 11.5 Å². The van der Waals surface area contributed by atoms with Crippen molar-refractivity contribution >= 4 is 29.0 Å². The van der Waals surface area contributed by atoms with Crippen LogP contribution in [0.4, 0.5) is 0 Å². The predicted molar refractivity (Wildman–Crippen MR) is 105 cm³/mol. The third-order valence-electron chi connectivity index (χ3n) is 6.12. The van der Waals surface area contributed by atoms with E-state index < -0.39 is 0 Å². The van der Waals surface area contributed by atoms with Crippen molar-refractivity contribution in [1.29, 1.82) is 0 Å². The standard InChI is InChI=1S/C20H25N3O2S/c1-2-23-19(25)16-8-7-14(11-17(16)21-20(23)26)18(24)22-10-9-13-5-3-4-6-15(13)12-22/h7-8,11,13,15H,2-6,9-10,12H2,1H3,(H,21,26). The second kappa shape index (κ2) is 6.99. The molecule has 2 heterocycles. The monoisotopic (exact) mass is 371 g/mol. The highest BCUT2D eigenvalue weighted by molar-refractivity contribution is 7.71. The van der Waals surface area contributed by atoms with Gasteiger partial charge in [-0.15, -0.1) is 0 Å². The van der Waals surface area contributed by atoms with Crippen molar-refractivity contribution in [1.82, 2.24) is 14.5 Å². The summed E-state index contributed by atoms with van der Waals surface area (Å²) in [4.78, 5) is 30.6. The van der Waals surface area contributed by atoms with Crippen LogP contribution in [0, 0.1) is 16.6 Å². The lowest BCUT2D eigenvalue weighted by Crippen LogP contribution is -2.44. The van der Waals surface area contributed by atoms with Crippen LogP contribution in [-0.4, -0.2) is 33.4 Å². The molecule has 2 atom stereocenters. The minimum atomic E-state index is -0.103. The van der Waals surface area contributed by atoms with E-state index in [0.29, 0.717) is 33.7 Å². The summed E-state index contributed by atoms with van der Waals surface area (Å²) < 4.78 is 1.94. The van der Waals surface area contributed by atoms with Gasteiger partial charge in [0.2, 0.25) is 0 Å². The van der Waals surface area contributed by atoms with Crippen molar-refractivity contribution in [3.05, 3.63) is 38.9 Å². The van der Waals surface area contributed by atoms with E-state index in [4.69, 9.17) is 12.2 Å². The topological polar surface area (TPSA) is 58.1 Å². The molecule has 6 heteroatoms. The number of piperidine rings is 1. The maximum absolute atomic E-state index is 13.0. The molecule has 1 N–H and O–H groups in total. The average molecular weight is 372 g/mol. The van der Waals surface area contributed by atoms with Gasteiger partial charge in [0.05, 0.1) is 10.9 Å². The highest BCUT2D eigenvalue weighted by atomic mass is 32.1. The van der Waals surface area contributed by atoms with E-state index in [1.807, 2.05) is 11.8 Å². The second-order valence-corrected chi connectivity index (χ2v) is 7.97. The summed E-state index contributed by atoms with van der Waals surface area (Å²) in [7, 11) is 0. The van der Waals surface area contributed by atoms with Gasteiger partial charge >= 0.3 is 0 Å². The summed E-state index contributed by atoms with van der Waals surface area (Å²) in [6.07, 6.45) is 6.32. The second-order valence-electron chi connectivity index (χ2n) is 7.58. The molecule has 5 nitrogen and oxygen atoms in total. The Morgan fingerprint density at radius 1 is 1.23 bits per heavy atom. The molecule has 2 aliphatic rings. The fraction of sp³-hybridized carbons (Fsp3) is 0.550. The molecule has 0 spiro atoms. The quantitative estimate of drug-likeness (QED) is 0.819. The molecule has 138 valence electrons. The Morgan fingerprint density at radius 2 is 2.00 bits per heavy atom. The molecule has 2 unspecified atom stereocenters. The summed E-state index contributed by atoms with van der Waals surface area (Å²) in [5.41, 5.74) is 1.17. The van der Waals surface area contributed by atoms with Gasteiger partial charge in [0.1, 0.15) is 0 Å². The Hall–Kier alpha value is -1.95. The number of nitrogens with zero attached hydrogens (tertiary/aromatic N) is 2. The summed E-state index contributed by atoms with van der Waals surface area (Å²) >= 11 is 5.28. The molecule has 1 amide bonds. The summed E-state index contributed by atoms with van der Waals surface area (Å²) in [5, 5.41) is 0.572. The van der Waals surface area contributed by atoms with E-state index in [2.05, 4.69) is 4.98 Å². The number of carbonyl (C=O) groups is 1. The zero-order valence-corrected chi connectivity index (χ0v) is 16.0. The number of nitrogens with one attached hydrogen (secondary N) is 1. The van der Waals surface area contributed by atoms with Gasteiger partial charge < -0.3 is 9.88 Å². The Kier molecular flexibility index (Phi) is 4.69. The van der Waals surface area contributed by atoms with Crippen LogP contribution in [0.1, 0.15) is 49.4 Å². The average Bonchev–Trinajstić information content (AvgIpc) is 2.67. The number of aromatic amines is 1. The van der Waals surface area contributed by atoms with Gasteiger partial charge in [-0.1, -0.05) is 19.3 Å². The summed E-state index contributed by atoms with van der Waals surface area (Å²) in [6, 6.07) is 5.30. The van der Waals surface area contributed by atoms with Crippen LogP contribution in [0.3, 0.4) is 0 Å². The largest absolute Gasteiger partial charge is 0.338 e. The van der Waals surface area contributed by atoms with Gasteiger partial charge in [-0.05, 0) is 62.0 Å². The van der Waals surface area contributed by atoms with Crippen molar-refractivity contribution in [3.8, 4) is 0 Å². The number of aromatic nitrogens is 2.